The number of benzene rings is 2. The number of hydrogen-bond donors (Lipinski definition) is 0. The highest BCUT2D eigenvalue weighted by atomic mass is 16.2. The summed E-state index contributed by atoms with van der Waals surface area (Å²) in [7, 11) is 0. The molecule has 3 nitrogen and oxygen atoms in total. The van der Waals surface area contributed by atoms with E-state index in [9.17, 15) is 4.79 Å². The van der Waals surface area contributed by atoms with E-state index in [4.69, 9.17) is 0 Å². The summed E-state index contributed by atoms with van der Waals surface area (Å²) in [5, 5.41) is 0. The third-order valence-electron chi connectivity index (χ3n) is 5.92. The molecule has 2 aliphatic heterocycles. The van der Waals surface area contributed by atoms with E-state index in [1.807, 2.05) is 30.3 Å². The largest absolute Gasteiger partial charge is 0.338 e. The van der Waals surface area contributed by atoms with E-state index in [-0.39, 0.29) is 5.91 Å². The fraction of sp³-hybridized carbons (Fsp3) is 0.435. The standard InChI is InChI=1S/C23H28N2O/c26-23(20-12-6-2-7-13-20)25-17-21(16-24-14-8-3-9-15-24)22(18-25)19-10-4-1-5-11-19/h1-2,4-7,10-13,21-22H,3,8-9,14-18H2. The van der Waals surface area contributed by atoms with Crippen molar-refractivity contribution in [1.29, 1.82) is 0 Å². The first-order chi connectivity index (χ1) is 12.8. The summed E-state index contributed by atoms with van der Waals surface area (Å²) in [5.41, 5.74) is 2.18. The lowest BCUT2D eigenvalue weighted by atomic mass is 9.88. The molecule has 0 spiro atoms. The van der Waals surface area contributed by atoms with Gasteiger partial charge in [0.05, 0.1) is 0 Å². The Morgan fingerprint density at radius 2 is 1.50 bits per heavy atom. The molecule has 2 heterocycles. The zero-order chi connectivity index (χ0) is 17.8. The lowest BCUT2D eigenvalue weighted by Gasteiger charge is -2.31. The predicted octanol–water partition coefficient (Wildman–Crippen LogP) is 4.03. The molecule has 2 aromatic rings. The lowest BCUT2D eigenvalue weighted by Crippen LogP contribution is -2.36. The van der Waals surface area contributed by atoms with Crippen LogP contribution in [-0.2, 0) is 0 Å². The molecule has 1 amide bonds. The monoisotopic (exact) mass is 348 g/mol. The number of likely N-dealkylation sites (tertiary alicyclic amines) is 2. The van der Waals surface area contributed by atoms with Crippen LogP contribution in [0.3, 0.4) is 0 Å². The molecule has 2 unspecified atom stereocenters. The highest BCUT2D eigenvalue weighted by molar-refractivity contribution is 5.94. The maximum atomic E-state index is 13.0. The molecule has 3 heteroatoms. The van der Waals surface area contributed by atoms with Crippen molar-refractivity contribution < 1.29 is 4.79 Å². The summed E-state index contributed by atoms with van der Waals surface area (Å²) >= 11 is 0. The van der Waals surface area contributed by atoms with Crippen molar-refractivity contribution in [3.8, 4) is 0 Å². The van der Waals surface area contributed by atoms with Crippen LogP contribution in [-0.4, -0.2) is 48.4 Å². The zero-order valence-corrected chi connectivity index (χ0v) is 15.4. The first kappa shape index (κ1) is 17.3. The average Bonchev–Trinajstić information content (AvgIpc) is 3.13. The number of amides is 1. The molecule has 2 atom stereocenters. The van der Waals surface area contributed by atoms with Crippen molar-refractivity contribution in [2.45, 2.75) is 25.2 Å². The van der Waals surface area contributed by atoms with Crippen molar-refractivity contribution in [2.75, 3.05) is 32.7 Å². The second kappa shape index (κ2) is 8.05. The summed E-state index contributed by atoms with van der Waals surface area (Å²) in [6.07, 6.45) is 3.99. The van der Waals surface area contributed by atoms with Gasteiger partial charge in [-0.1, -0.05) is 55.0 Å². The van der Waals surface area contributed by atoms with Crippen LogP contribution in [0, 0.1) is 5.92 Å². The highest BCUT2D eigenvalue weighted by Gasteiger charge is 2.37. The minimum atomic E-state index is 0.174. The molecular weight excluding hydrogens is 320 g/mol. The van der Waals surface area contributed by atoms with Gasteiger partial charge >= 0.3 is 0 Å². The first-order valence-corrected chi connectivity index (χ1v) is 9.93. The summed E-state index contributed by atoms with van der Waals surface area (Å²) in [6.45, 7) is 5.23. The number of nitrogens with zero attached hydrogens (tertiary/aromatic N) is 2. The molecule has 2 aliphatic rings. The van der Waals surface area contributed by atoms with Crippen molar-refractivity contribution in [1.82, 2.24) is 9.80 Å². The first-order valence-electron chi connectivity index (χ1n) is 9.93. The van der Waals surface area contributed by atoms with E-state index in [1.54, 1.807) is 0 Å². The van der Waals surface area contributed by atoms with E-state index < -0.39 is 0 Å². The van der Waals surface area contributed by atoms with Gasteiger partial charge in [-0.2, -0.15) is 0 Å². The summed E-state index contributed by atoms with van der Waals surface area (Å²) in [5.74, 6) is 1.13. The molecule has 0 saturated carbocycles. The van der Waals surface area contributed by atoms with Gasteiger partial charge in [-0.25, -0.2) is 0 Å². The molecule has 4 rings (SSSR count). The Hall–Kier alpha value is -2.13. The number of carbonyl (C=O) groups excluding carboxylic acids is 1. The molecule has 0 aromatic heterocycles. The molecule has 2 aromatic carbocycles. The maximum absolute atomic E-state index is 13.0. The molecule has 136 valence electrons. The zero-order valence-electron chi connectivity index (χ0n) is 15.4. The van der Waals surface area contributed by atoms with Crippen molar-refractivity contribution in [2.24, 2.45) is 5.92 Å². The van der Waals surface area contributed by atoms with Gasteiger partial charge in [0.1, 0.15) is 0 Å². The minimum Gasteiger partial charge on any atom is -0.338 e. The fourth-order valence-corrected chi connectivity index (χ4v) is 4.54. The number of carbonyl (C=O) groups is 1. The van der Waals surface area contributed by atoms with Gasteiger partial charge in [-0.05, 0) is 49.5 Å². The second-order valence-corrected chi connectivity index (χ2v) is 7.71. The Morgan fingerprint density at radius 3 is 2.19 bits per heavy atom. The van der Waals surface area contributed by atoms with Crippen molar-refractivity contribution >= 4 is 5.91 Å². The van der Waals surface area contributed by atoms with Crippen LogP contribution in [0.2, 0.25) is 0 Å². The summed E-state index contributed by atoms with van der Waals surface area (Å²) in [4.78, 5) is 17.7. The topological polar surface area (TPSA) is 23.6 Å². The van der Waals surface area contributed by atoms with Crippen molar-refractivity contribution in [3.63, 3.8) is 0 Å². The number of piperidine rings is 1. The third-order valence-corrected chi connectivity index (χ3v) is 5.92. The summed E-state index contributed by atoms with van der Waals surface area (Å²) in [6, 6.07) is 20.5. The van der Waals surface area contributed by atoms with Gasteiger partial charge < -0.3 is 9.80 Å². The van der Waals surface area contributed by atoms with E-state index in [0.717, 1.165) is 25.2 Å². The van der Waals surface area contributed by atoms with Gasteiger partial charge in [0.25, 0.3) is 5.91 Å². The normalized spacial score (nSPS) is 23.9. The van der Waals surface area contributed by atoms with Crippen LogP contribution >= 0.6 is 0 Å². The summed E-state index contributed by atoms with van der Waals surface area (Å²) < 4.78 is 0. The van der Waals surface area contributed by atoms with Crippen LogP contribution in [0.15, 0.2) is 60.7 Å². The predicted molar refractivity (Wildman–Crippen MR) is 105 cm³/mol. The molecule has 0 radical (unpaired) electrons. The molecule has 0 aliphatic carbocycles. The van der Waals surface area contributed by atoms with Gasteiger partial charge in [-0.3, -0.25) is 4.79 Å². The Balaban J connectivity index is 1.53. The molecule has 2 saturated heterocycles. The highest BCUT2D eigenvalue weighted by Crippen LogP contribution is 2.34. The van der Waals surface area contributed by atoms with Crippen molar-refractivity contribution in [3.05, 3.63) is 71.8 Å². The van der Waals surface area contributed by atoms with E-state index >= 15 is 0 Å². The Bertz CT molecular complexity index is 710. The van der Waals surface area contributed by atoms with Crippen LogP contribution < -0.4 is 0 Å². The van der Waals surface area contributed by atoms with Crippen LogP contribution in [0.5, 0.6) is 0 Å². The Labute approximate surface area is 156 Å². The van der Waals surface area contributed by atoms with Crippen LogP contribution in [0.1, 0.15) is 41.1 Å². The SMILES string of the molecule is O=C(c1ccccc1)N1CC(CN2CCCCC2)C(c2ccccc2)C1. The molecule has 0 bridgehead atoms. The minimum absolute atomic E-state index is 0.174. The molecule has 26 heavy (non-hydrogen) atoms. The van der Waals surface area contributed by atoms with Crippen LogP contribution in [0.25, 0.3) is 0 Å². The smallest absolute Gasteiger partial charge is 0.253 e. The van der Waals surface area contributed by atoms with E-state index in [2.05, 4.69) is 40.1 Å². The van der Waals surface area contributed by atoms with Crippen LogP contribution in [0.4, 0.5) is 0 Å². The number of hydrogen-bond acceptors (Lipinski definition) is 2. The van der Waals surface area contributed by atoms with Gasteiger partial charge in [0.2, 0.25) is 0 Å². The van der Waals surface area contributed by atoms with Gasteiger partial charge in [0, 0.05) is 31.1 Å². The van der Waals surface area contributed by atoms with E-state index in [1.165, 1.54) is 37.9 Å². The number of rotatable bonds is 4. The molecule has 2 fully saturated rings. The third kappa shape index (κ3) is 3.83. The van der Waals surface area contributed by atoms with E-state index in [0.29, 0.717) is 11.8 Å². The molecular formula is C23H28N2O. The lowest BCUT2D eigenvalue weighted by molar-refractivity contribution is 0.0782. The quantitative estimate of drug-likeness (QED) is 0.833. The second-order valence-electron chi connectivity index (χ2n) is 7.71. The fourth-order valence-electron chi connectivity index (χ4n) is 4.54. The average molecular weight is 348 g/mol. The Kier molecular flexibility index (Phi) is 5.35. The Morgan fingerprint density at radius 1 is 0.846 bits per heavy atom. The molecule has 0 N–H and O–H groups in total. The van der Waals surface area contributed by atoms with Gasteiger partial charge in [0.15, 0.2) is 0 Å². The maximum Gasteiger partial charge on any atom is 0.253 e. The van der Waals surface area contributed by atoms with Gasteiger partial charge in [-0.15, -0.1) is 0 Å².